The van der Waals surface area contributed by atoms with E-state index >= 15 is 0 Å². The smallest absolute Gasteiger partial charge is 0.268 e. The Morgan fingerprint density at radius 2 is 2.47 bits per heavy atom. The number of nitrogens with one attached hydrogen (secondary N) is 1. The van der Waals surface area contributed by atoms with Gasteiger partial charge in [0.25, 0.3) is 5.91 Å². The van der Waals surface area contributed by atoms with E-state index in [0.29, 0.717) is 22.3 Å². The molecule has 1 aromatic heterocycles. The van der Waals surface area contributed by atoms with Crippen LogP contribution in [-0.4, -0.2) is 11.2 Å². The van der Waals surface area contributed by atoms with Crippen molar-refractivity contribution in [2.75, 3.05) is 0 Å². The van der Waals surface area contributed by atoms with Gasteiger partial charge in [-0.2, -0.15) is 11.8 Å². The third kappa shape index (κ3) is 3.28. The number of hydrogen-bond donors (Lipinski definition) is 2. The highest BCUT2D eigenvalue weighted by Crippen LogP contribution is 2.22. The van der Waals surface area contributed by atoms with Crippen LogP contribution in [0.5, 0.6) is 0 Å². The Labute approximate surface area is 93.6 Å². The molecule has 1 amide bonds. The molecule has 0 saturated heterocycles. The Morgan fingerprint density at radius 1 is 1.73 bits per heavy atom. The largest absolute Gasteiger partial charge is 0.468 e. The van der Waals surface area contributed by atoms with Gasteiger partial charge in [0.05, 0.1) is 17.6 Å². The molecule has 0 spiro atoms. The molecule has 0 aliphatic rings. The number of thioether (sulfide) groups is 1. The summed E-state index contributed by atoms with van der Waals surface area (Å²) in [6.45, 7) is 4.28. The van der Waals surface area contributed by atoms with Crippen molar-refractivity contribution in [3.05, 3.63) is 23.7 Å². The second kappa shape index (κ2) is 5.82. The number of rotatable bonds is 5. The van der Waals surface area contributed by atoms with E-state index in [4.69, 9.17) is 10.3 Å². The van der Waals surface area contributed by atoms with Gasteiger partial charge in [-0.3, -0.25) is 10.2 Å². The quantitative estimate of drug-likeness (QED) is 0.459. The number of furan rings is 1. The van der Waals surface area contributed by atoms with Crippen LogP contribution in [0.25, 0.3) is 0 Å². The van der Waals surface area contributed by atoms with Crippen molar-refractivity contribution in [2.24, 2.45) is 5.84 Å². The summed E-state index contributed by atoms with van der Waals surface area (Å²) in [5, 5.41) is 0.559. The topological polar surface area (TPSA) is 68.3 Å². The van der Waals surface area contributed by atoms with E-state index in [-0.39, 0.29) is 5.91 Å². The van der Waals surface area contributed by atoms with Gasteiger partial charge >= 0.3 is 0 Å². The number of carbonyl (C=O) groups excluding carboxylic acids is 1. The second-order valence-corrected chi connectivity index (χ2v) is 4.69. The average molecular weight is 228 g/mol. The van der Waals surface area contributed by atoms with Crippen LogP contribution in [0.3, 0.4) is 0 Å². The van der Waals surface area contributed by atoms with Crippen molar-refractivity contribution >= 4 is 17.7 Å². The zero-order chi connectivity index (χ0) is 11.3. The number of carbonyl (C=O) groups is 1. The molecule has 3 N–H and O–H groups in total. The summed E-state index contributed by atoms with van der Waals surface area (Å²) in [5.41, 5.74) is 2.62. The average Bonchev–Trinajstić information content (AvgIpc) is 2.72. The van der Waals surface area contributed by atoms with Crippen LogP contribution in [-0.2, 0) is 5.75 Å². The molecule has 0 radical (unpaired) electrons. The van der Waals surface area contributed by atoms with Crippen molar-refractivity contribution in [1.29, 1.82) is 0 Å². The number of hydrogen-bond acceptors (Lipinski definition) is 4. The monoisotopic (exact) mass is 228 g/mol. The molecule has 1 heterocycles. The Hall–Kier alpha value is -0.940. The summed E-state index contributed by atoms with van der Waals surface area (Å²) in [6.07, 6.45) is 2.61. The summed E-state index contributed by atoms with van der Waals surface area (Å²) in [7, 11) is 0. The fourth-order valence-electron chi connectivity index (χ4n) is 1.07. The molecule has 5 heteroatoms. The van der Waals surface area contributed by atoms with Gasteiger partial charge in [0.1, 0.15) is 5.76 Å². The molecule has 1 unspecified atom stereocenters. The predicted molar refractivity (Wildman–Crippen MR) is 61.4 cm³/mol. The highest BCUT2D eigenvalue weighted by Gasteiger charge is 2.14. The number of hydrazine groups is 1. The first-order valence-electron chi connectivity index (χ1n) is 4.88. The van der Waals surface area contributed by atoms with Crippen molar-refractivity contribution < 1.29 is 9.21 Å². The summed E-state index contributed by atoms with van der Waals surface area (Å²) >= 11 is 1.76. The Kier molecular flexibility index (Phi) is 4.71. The third-order valence-electron chi connectivity index (χ3n) is 2.19. The fraction of sp³-hybridized carbons (Fsp3) is 0.500. The van der Waals surface area contributed by atoms with Crippen LogP contribution in [0.1, 0.15) is 36.4 Å². The van der Waals surface area contributed by atoms with E-state index < -0.39 is 0 Å². The zero-order valence-corrected chi connectivity index (χ0v) is 9.76. The lowest BCUT2D eigenvalue weighted by atomic mass is 10.2. The van der Waals surface area contributed by atoms with Crippen molar-refractivity contribution in [3.63, 3.8) is 0 Å². The van der Waals surface area contributed by atoms with Crippen molar-refractivity contribution in [2.45, 2.75) is 31.3 Å². The molecule has 4 nitrogen and oxygen atoms in total. The first-order chi connectivity index (χ1) is 7.19. The lowest BCUT2D eigenvalue weighted by Gasteiger charge is -2.07. The molecule has 1 atom stereocenters. The van der Waals surface area contributed by atoms with Gasteiger partial charge in [-0.05, 0) is 12.5 Å². The van der Waals surface area contributed by atoms with Gasteiger partial charge in [-0.25, -0.2) is 5.84 Å². The first-order valence-corrected chi connectivity index (χ1v) is 5.92. The van der Waals surface area contributed by atoms with Crippen molar-refractivity contribution in [1.82, 2.24) is 5.43 Å². The van der Waals surface area contributed by atoms with Crippen LogP contribution in [0, 0.1) is 0 Å². The maximum atomic E-state index is 11.3. The fourth-order valence-corrected chi connectivity index (χ4v) is 1.96. The molecule has 1 rings (SSSR count). The summed E-state index contributed by atoms with van der Waals surface area (Å²) < 4.78 is 5.25. The predicted octanol–water partition coefficient (Wildman–Crippen LogP) is 1.91. The van der Waals surface area contributed by atoms with Gasteiger partial charge in [-0.15, -0.1) is 0 Å². The highest BCUT2D eigenvalue weighted by molar-refractivity contribution is 7.99. The summed E-state index contributed by atoms with van der Waals surface area (Å²) in [6, 6.07) is 1.63. The lowest BCUT2D eigenvalue weighted by molar-refractivity contribution is 0.0952. The first kappa shape index (κ1) is 12.1. The maximum Gasteiger partial charge on any atom is 0.268 e. The minimum Gasteiger partial charge on any atom is -0.468 e. The summed E-state index contributed by atoms with van der Waals surface area (Å²) in [5.74, 6) is 6.15. The van der Waals surface area contributed by atoms with Gasteiger partial charge < -0.3 is 4.42 Å². The van der Waals surface area contributed by atoms with Crippen LogP contribution in [0.4, 0.5) is 0 Å². The maximum absolute atomic E-state index is 11.3. The van der Waals surface area contributed by atoms with Crippen LogP contribution < -0.4 is 11.3 Å². The molecule has 0 aliphatic heterocycles. The van der Waals surface area contributed by atoms with Crippen LogP contribution in [0.2, 0.25) is 0 Å². The minimum absolute atomic E-state index is 0.302. The molecular weight excluding hydrogens is 212 g/mol. The van der Waals surface area contributed by atoms with Gasteiger partial charge in [0.15, 0.2) is 0 Å². The van der Waals surface area contributed by atoms with Gasteiger partial charge in [-0.1, -0.05) is 13.8 Å². The van der Waals surface area contributed by atoms with Crippen LogP contribution in [0.15, 0.2) is 16.7 Å². The van der Waals surface area contributed by atoms with E-state index in [1.807, 2.05) is 0 Å². The number of amides is 1. The van der Waals surface area contributed by atoms with E-state index in [1.54, 1.807) is 17.8 Å². The van der Waals surface area contributed by atoms with E-state index in [2.05, 4.69) is 19.3 Å². The molecule has 0 aliphatic carbocycles. The van der Waals surface area contributed by atoms with E-state index in [9.17, 15) is 4.79 Å². The SMILES string of the molecule is CCC(C)SCc1occc1C(=O)NN. The van der Waals surface area contributed by atoms with Gasteiger partial charge in [0, 0.05) is 5.25 Å². The third-order valence-corrected chi connectivity index (χ3v) is 3.53. The molecule has 0 bridgehead atoms. The Bertz CT molecular complexity index is 325. The molecule has 0 aromatic carbocycles. The molecule has 0 fully saturated rings. The minimum atomic E-state index is -0.302. The Balaban J connectivity index is 2.61. The number of nitrogens with two attached hydrogens (primary N) is 1. The second-order valence-electron chi connectivity index (χ2n) is 3.26. The van der Waals surface area contributed by atoms with Gasteiger partial charge in [0.2, 0.25) is 0 Å². The van der Waals surface area contributed by atoms with Crippen molar-refractivity contribution in [3.8, 4) is 0 Å². The number of nitrogen functional groups attached to an aromatic ring is 1. The highest BCUT2D eigenvalue weighted by atomic mass is 32.2. The van der Waals surface area contributed by atoms with E-state index in [1.165, 1.54) is 6.26 Å². The molecule has 1 aromatic rings. The zero-order valence-electron chi connectivity index (χ0n) is 8.95. The molecule has 84 valence electrons. The van der Waals surface area contributed by atoms with Crippen LogP contribution >= 0.6 is 11.8 Å². The molecule has 0 saturated carbocycles. The lowest BCUT2D eigenvalue weighted by Crippen LogP contribution is -2.30. The summed E-state index contributed by atoms with van der Waals surface area (Å²) in [4.78, 5) is 11.3. The Morgan fingerprint density at radius 3 is 3.07 bits per heavy atom. The molecule has 15 heavy (non-hydrogen) atoms. The standard InChI is InChI=1S/C10H16N2O2S/c1-3-7(2)15-6-9-8(4-5-14-9)10(13)12-11/h4-5,7H,3,6,11H2,1-2H3,(H,12,13). The normalized spacial score (nSPS) is 12.5. The molecular formula is C10H16N2O2S. The van der Waals surface area contributed by atoms with E-state index in [0.717, 1.165) is 6.42 Å².